The number of nitrogens with zero attached hydrogens (tertiary/aromatic N) is 1. The third kappa shape index (κ3) is 4.35. The number of piperidine rings is 1. The molecule has 0 bridgehead atoms. The van der Waals surface area contributed by atoms with Crippen LogP contribution in [0.4, 0.5) is 4.79 Å². The van der Waals surface area contributed by atoms with Gasteiger partial charge in [0.2, 0.25) is 5.91 Å². The molecule has 2 amide bonds. The lowest BCUT2D eigenvalue weighted by Crippen LogP contribution is -2.49. The predicted octanol–water partition coefficient (Wildman–Crippen LogP) is 2.55. The predicted molar refractivity (Wildman–Crippen MR) is 80.9 cm³/mol. The highest BCUT2D eigenvalue weighted by Crippen LogP contribution is 2.25. The van der Waals surface area contributed by atoms with E-state index in [1.54, 1.807) is 11.8 Å². The van der Waals surface area contributed by atoms with E-state index in [-0.39, 0.29) is 17.9 Å². The number of rotatable bonds is 3. The zero-order valence-corrected chi connectivity index (χ0v) is 13.3. The maximum atomic E-state index is 12.4. The first-order chi connectivity index (χ1) is 10.1. The van der Waals surface area contributed by atoms with Crippen LogP contribution in [0, 0.1) is 11.8 Å². The first kappa shape index (κ1) is 16.1. The van der Waals surface area contributed by atoms with Crippen LogP contribution in [0.1, 0.15) is 52.4 Å². The van der Waals surface area contributed by atoms with Crippen LogP contribution in [0.25, 0.3) is 0 Å². The van der Waals surface area contributed by atoms with Crippen molar-refractivity contribution in [2.75, 3.05) is 19.7 Å². The molecule has 1 aliphatic carbocycles. The first-order valence-corrected chi connectivity index (χ1v) is 8.34. The Hall–Kier alpha value is -1.26. The Balaban J connectivity index is 1.85. The van der Waals surface area contributed by atoms with E-state index in [2.05, 4.69) is 12.2 Å². The van der Waals surface area contributed by atoms with Crippen LogP contribution in [0.2, 0.25) is 0 Å². The van der Waals surface area contributed by atoms with Gasteiger partial charge in [-0.15, -0.1) is 0 Å². The van der Waals surface area contributed by atoms with E-state index in [1.807, 2.05) is 0 Å². The van der Waals surface area contributed by atoms with Crippen molar-refractivity contribution in [2.45, 2.75) is 58.4 Å². The summed E-state index contributed by atoms with van der Waals surface area (Å²) < 4.78 is 5.03. The minimum Gasteiger partial charge on any atom is -0.450 e. The smallest absolute Gasteiger partial charge is 0.409 e. The van der Waals surface area contributed by atoms with Gasteiger partial charge in [-0.1, -0.05) is 19.8 Å². The second-order valence-electron chi connectivity index (χ2n) is 6.36. The monoisotopic (exact) mass is 296 g/mol. The Morgan fingerprint density at radius 2 is 1.95 bits per heavy atom. The molecular formula is C16H28N2O3. The van der Waals surface area contributed by atoms with Gasteiger partial charge in [-0.2, -0.15) is 0 Å². The maximum absolute atomic E-state index is 12.4. The van der Waals surface area contributed by atoms with Gasteiger partial charge in [-0.3, -0.25) is 4.79 Å². The molecule has 0 aromatic rings. The van der Waals surface area contributed by atoms with Gasteiger partial charge in [-0.25, -0.2) is 4.79 Å². The Labute approximate surface area is 127 Å². The Bertz CT molecular complexity index is 373. The summed E-state index contributed by atoms with van der Waals surface area (Å²) in [6.07, 6.45) is 6.20. The van der Waals surface area contributed by atoms with Crippen LogP contribution in [0.15, 0.2) is 0 Å². The molecule has 1 saturated carbocycles. The fourth-order valence-electron chi connectivity index (χ4n) is 3.40. The molecule has 0 radical (unpaired) electrons. The molecule has 3 unspecified atom stereocenters. The number of ether oxygens (including phenoxy) is 1. The summed E-state index contributed by atoms with van der Waals surface area (Å²) in [6.45, 7) is 5.59. The fraction of sp³-hybridized carbons (Fsp3) is 0.875. The summed E-state index contributed by atoms with van der Waals surface area (Å²) in [5.74, 6) is 0.590. The highest BCUT2D eigenvalue weighted by molar-refractivity contribution is 5.80. The van der Waals surface area contributed by atoms with Crippen molar-refractivity contribution in [1.82, 2.24) is 10.2 Å². The second-order valence-corrected chi connectivity index (χ2v) is 6.36. The summed E-state index contributed by atoms with van der Waals surface area (Å²) in [4.78, 5) is 25.9. The molecule has 2 aliphatic rings. The van der Waals surface area contributed by atoms with Crippen LogP contribution >= 0.6 is 0 Å². The molecule has 2 rings (SSSR count). The van der Waals surface area contributed by atoms with Crippen LogP contribution in [0.3, 0.4) is 0 Å². The van der Waals surface area contributed by atoms with E-state index in [4.69, 9.17) is 4.74 Å². The van der Waals surface area contributed by atoms with Crippen LogP contribution < -0.4 is 5.32 Å². The Kier molecular flexibility index (Phi) is 5.88. The SMILES string of the molecule is CCOC(=O)N1CCCC(C(=O)NC2CCCCC2C)C1. The second kappa shape index (κ2) is 7.66. The van der Waals surface area contributed by atoms with Crippen molar-refractivity contribution < 1.29 is 14.3 Å². The van der Waals surface area contributed by atoms with Crippen molar-refractivity contribution in [2.24, 2.45) is 11.8 Å². The third-order valence-electron chi connectivity index (χ3n) is 4.76. The van der Waals surface area contributed by atoms with Crippen LogP contribution in [0.5, 0.6) is 0 Å². The van der Waals surface area contributed by atoms with Crippen molar-refractivity contribution in [3.05, 3.63) is 0 Å². The molecule has 1 heterocycles. The quantitative estimate of drug-likeness (QED) is 0.870. The summed E-state index contributed by atoms with van der Waals surface area (Å²) in [5, 5.41) is 3.21. The number of amides is 2. The topological polar surface area (TPSA) is 58.6 Å². The molecular weight excluding hydrogens is 268 g/mol. The zero-order chi connectivity index (χ0) is 15.2. The Morgan fingerprint density at radius 1 is 1.19 bits per heavy atom. The molecule has 5 heteroatoms. The lowest BCUT2D eigenvalue weighted by molar-refractivity contribution is -0.127. The standard InChI is InChI=1S/C16H28N2O3/c1-3-21-16(20)18-10-6-8-13(11-18)15(19)17-14-9-5-4-7-12(14)2/h12-14H,3-11H2,1-2H3,(H,17,19). The van der Waals surface area contributed by atoms with Gasteiger partial charge in [0, 0.05) is 19.1 Å². The molecule has 3 atom stereocenters. The fourth-order valence-corrected chi connectivity index (χ4v) is 3.40. The van der Waals surface area contributed by atoms with Gasteiger partial charge in [0.1, 0.15) is 0 Å². The average Bonchev–Trinajstić information content (AvgIpc) is 2.50. The van der Waals surface area contributed by atoms with Crippen molar-refractivity contribution in [3.8, 4) is 0 Å². The molecule has 2 fully saturated rings. The van der Waals surface area contributed by atoms with E-state index in [0.717, 1.165) is 19.3 Å². The first-order valence-electron chi connectivity index (χ1n) is 8.34. The lowest BCUT2D eigenvalue weighted by Gasteiger charge is -2.34. The van der Waals surface area contributed by atoms with Gasteiger partial charge in [0.05, 0.1) is 12.5 Å². The molecule has 0 spiro atoms. The minimum atomic E-state index is -0.291. The van der Waals surface area contributed by atoms with Crippen molar-refractivity contribution >= 4 is 12.0 Å². The molecule has 1 aliphatic heterocycles. The van der Waals surface area contributed by atoms with Gasteiger partial charge >= 0.3 is 6.09 Å². The summed E-state index contributed by atoms with van der Waals surface area (Å²) in [5.41, 5.74) is 0. The Morgan fingerprint density at radius 3 is 2.67 bits per heavy atom. The van der Waals surface area contributed by atoms with Crippen molar-refractivity contribution in [3.63, 3.8) is 0 Å². The molecule has 5 nitrogen and oxygen atoms in total. The van der Waals surface area contributed by atoms with Crippen molar-refractivity contribution in [1.29, 1.82) is 0 Å². The highest BCUT2D eigenvalue weighted by Gasteiger charge is 2.31. The van der Waals surface area contributed by atoms with E-state index < -0.39 is 0 Å². The van der Waals surface area contributed by atoms with E-state index >= 15 is 0 Å². The lowest BCUT2D eigenvalue weighted by atomic mass is 9.85. The van der Waals surface area contributed by atoms with Gasteiger partial charge < -0.3 is 15.0 Å². The normalized spacial score (nSPS) is 29.8. The molecule has 120 valence electrons. The average molecular weight is 296 g/mol. The number of hydrogen-bond donors (Lipinski definition) is 1. The van der Waals surface area contributed by atoms with E-state index in [0.29, 0.717) is 31.7 Å². The number of hydrogen-bond acceptors (Lipinski definition) is 3. The third-order valence-corrected chi connectivity index (χ3v) is 4.76. The molecule has 0 aromatic heterocycles. The van der Waals surface area contributed by atoms with Gasteiger partial charge in [-0.05, 0) is 38.5 Å². The van der Waals surface area contributed by atoms with Gasteiger partial charge in [0.25, 0.3) is 0 Å². The van der Waals surface area contributed by atoms with Gasteiger partial charge in [0.15, 0.2) is 0 Å². The highest BCUT2D eigenvalue weighted by atomic mass is 16.6. The summed E-state index contributed by atoms with van der Waals surface area (Å²) in [7, 11) is 0. The van der Waals surface area contributed by atoms with E-state index in [9.17, 15) is 9.59 Å². The number of nitrogens with one attached hydrogen (secondary N) is 1. The summed E-state index contributed by atoms with van der Waals surface area (Å²) in [6, 6.07) is 0.309. The summed E-state index contributed by atoms with van der Waals surface area (Å²) >= 11 is 0. The molecule has 1 saturated heterocycles. The maximum Gasteiger partial charge on any atom is 0.409 e. The van der Waals surface area contributed by atoms with Crippen LogP contribution in [-0.2, 0) is 9.53 Å². The molecule has 21 heavy (non-hydrogen) atoms. The number of likely N-dealkylation sites (tertiary alicyclic amines) is 1. The number of carbonyl (C=O) groups excluding carboxylic acids is 2. The van der Waals surface area contributed by atoms with Crippen LogP contribution in [-0.4, -0.2) is 42.6 Å². The van der Waals surface area contributed by atoms with E-state index in [1.165, 1.54) is 19.3 Å². The largest absolute Gasteiger partial charge is 0.450 e. The molecule has 0 aromatic carbocycles. The minimum absolute atomic E-state index is 0.0858. The zero-order valence-electron chi connectivity index (χ0n) is 13.3. The number of carbonyl (C=O) groups is 2. The molecule has 1 N–H and O–H groups in total.